The quantitative estimate of drug-likeness (QED) is 0.650. The van der Waals surface area contributed by atoms with Crippen molar-refractivity contribution in [2.24, 2.45) is 0 Å². The first-order chi connectivity index (χ1) is 6.80. The fourth-order valence-corrected chi connectivity index (χ4v) is 1.66. The number of carbonyl (C=O) groups is 1. The Morgan fingerprint density at radius 2 is 2.07 bits per heavy atom. The second-order valence-corrected chi connectivity index (χ2v) is 4.97. The van der Waals surface area contributed by atoms with Gasteiger partial charge in [0.2, 0.25) is 0 Å². The number of benzene rings is 1. The molecule has 7 heteroatoms. The second-order valence-electron chi connectivity index (χ2n) is 2.95. The van der Waals surface area contributed by atoms with Crippen LogP contribution in [0.5, 0.6) is 0 Å². The Hall–Kier alpha value is -1.76. The molecule has 1 amide bonds. The molecule has 0 unspecified atom stereocenters. The summed E-state index contributed by atoms with van der Waals surface area (Å²) in [6.07, 6.45) is -0.208. The summed E-state index contributed by atoms with van der Waals surface area (Å²) in [4.78, 5) is 10.4. The van der Waals surface area contributed by atoms with Crippen molar-refractivity contribution in [2.75, 3.05) is 17.3 Å². The summed E-state index contributed by atoms with van der Waals surface area (Å²) in [5.74, 6) is 0. The predicted molar refractivity (Wildman–Crippen MR) is 55.6 cm³/mol. The van der Waals surface area contributed by atoms with Crippen LogP contribution in [0.25, 0.3) is 0 Å². The standard InChI is InChI=1S/C8H10N2O4S/c1-15(13,14)5-2-3-7(6(9)4-5)10-8(11)12/h2-4,10H,9H2,1H3,(H,11,12). The normalized spacial score (nSPS) is 11.0. The van der Waals surface area contributed by atoms with E-state index in [0.29, 0.717) is 0 Å². The lowest BCUT2D eigenvalue weighted by Crippen LogP contribution is -2.09. The molecule has 0 spiro atoms. The highest BCUT2D eigenvalue weighted by Crippen LogP contribution is 2.22. The summed E-state index contributed by atoms with van der Waals surface area (Å²) in [6, 6.07) is 3.80. The molecule has 0 aliphatic carbocycles. The molecular formula is C8H10N2O4S. The minimum Gasteiger partial charge on any atom is -0.465 e. The van der Waals surface area contributed by atoms with Gasteiger partial charge in [-0.25, -0.2) is 13.2 Å². The molecule has 15 heavy (non-hydrogen) atoms. The molecule has 1 rings (SSSR count). The topological polar surface area (TPSA) is 109 Å². The van der Waals surface area contributed by atoms with Crippen LogP contribution in [0.2, 0.25) is 0 Å². The summed E-state index contributed by atoms with van der Waals surface area (Å²) in [6.45, 7) is 0. The van der Waals surface area contributed by atoms with Gasteiger partial charge >= 0.3 is 6.09 Å². The number of nitrogens with one attached hydrogen (secondary N) is 1. The minimum absolute atomic E-state index is 0.0518. The molecule has 0 atom stereocenters. The second kappa shape index (κ2) is 3.77. The highest BCUT2D eigenvalue weighted by atomic mass is 32.2. The highest BCUT2D eigenvalue weighted by Gasteiger charge is 2.10. The van der Waals surface area contributed by atoms with Crippen LogP contribution in [0.15, 0.2) is 23.1 Å². The average Bonchev–Trinajstić information content (AvgIpc) is 2.05. The Labute approximate surface area is 86.6 Å². The molecule has 0 saturated carbocycles. The monoisotopic (exact) mass is 230 g/mol. The maximum Gasteiger partial charge on any atom is 0.409 e. The number of sulfone groups is 1. The van der Waals surface area contributed by atoms with Gasteiger partial charge in [0, 0.05) is 6.26 Å². The van der Waals surface area contributed by atoms with E-state index >= 15 is 0 Å². The van der Waals surface area contributed by atoms with Crippen molar-refractivity contribution in [3.8, 4) is 0 Å². The van der Waals surface area contributed by atoms with Crippen LogP contribution >= 0.6 is 0 Å². The molecule has 4 N–H and O–H groups in total. The van der Waals surface area contributed by atoms with E-state index in [9.17, 15) is 13.2 Å². The number of nitrogen functional groups attached to an aromatic ring is 1. The van der Waals surface area contributed by atoms with Gasteiger partial charge in [0.1, 0.15) is 0 Å². The van der Waals surface area contributed by atoms with Crippen LogP contribution in [-0.4, -0.2) is 25.9 Å². The number of hydrogen-bond acceptors (Lipinski definition) is 4. The van der Waals surface area contributed by atoms with Crippen molar-refractivity contribution in [1.29, 1.82) is 0 Å². The first kappa shape index (κ1) is 11.3. The first-order valence-electron chi connectivity index (χ1n) is 3.90. The van der Waals surface area contributed by atoms with Crippen LogP contribution < -0.4 is 11.1 Å². The number of carboxylic acid groups (broad SMARTS) is 1. The largest absolute Gasteiger partial charge is 0.465 e. The van der Waals surface area contributed by atoms with Crippen molar-refractivity contribution in [3.63, 3.8) is 0 Å². The molecule has 1 aromatic carbocycles. The molecule has 0 aliphatic rings. The Bertz CT molecular complexity index is 495. The third-order valence-electron chi connectivity index (χ3n) is 1.69. The van der Waals surface area contributed by atoms with Crippen LogP contribution in [0.4, 0.5) is 16.2 Å². The van der Waals surface area contributed by atoms with Crippen molar-refractivity contribution >= 4 is 27.3 Å². The molecule has 0 bridgehead atoms. The zero-order chi connectivity index (χ0) is 11.6. The Morgan fingerprint density at radius 1 is 1.47 bits per heavy atom. The number of anilines is 2. The van der Waals surface area contributed by atoms with E-state index in [1.807, 2.05) is 5.32 Å². The lowest BCUT2D eigenvalue weighted by Gasteiger charge is -2.06. The van der Waals surface area contributed by atoms with E-state index in [2.05, 4.69) is 0 Å². The summed E-state index contributed by atoms with van der Waals surface area (Å²) < 4.78 is 22.3. The molecule has 0 fully saturated rings. The lowest BCUT2D eigenvalue weighted by molar-refractivity contribution is 0.210. The third kappa shape index (κ3) is 2.84. The zero-order valence-electron chi connectivity index (χ0n) is 7.89. The number of nitrogens with two attached hydrogens (primary N) is 1. The van der Waals surface area contributed by atoms with Crippen LogP contribution in [-0.2, 0) is 9.84 Å². The van der Waals surface area contributed by atoms with Gasteiger partial charge in [0.15, 0.2) is 9.84 Å². The molecular weight excluding hydrogens is 220 g/mol. The van der Waals surface area contributed by atoms with E-state index in [1.165, 1.54) is 18.2 Å². The molecule has 1 aromatic rings. The molecule has 0 aromatic heterocycles. The van der Waals surface area contributed by atoms with Gasteiger partial charge in [0.05, 0.1) is 16.3 Å². The number of amides is 1. The van der Waals surface area contributed by atoms with E-state index in [4.69, 9.17) is 10.8 Å². The van der Waals surface area contributed by atoms with Gasteiger partial charge in [-0.05, 0) is 18.2 Å². The number of hydrogen-bond donors (Lipinski definition) is 3. The summed E-state index contributed by atoms with van der Waals surface area (Å²) in [5, 5.41) is 10.5. The maximum absolute atomic E-state index is 11.1. The zero-order valence-corrected chi connectivity index (χ0v) is 8.71. The van der Waals surface area contributed by atoms with E-state index in [-0.39, 0.29) is 16.3 Å². The van der Waals surface area contributed by atoms with E-state index in [1.54, 1.807) is 0 Å². The van der Waals surface area contributed by atoms with Crippen molar-refractivity contribution in [2.45, 2.75) is 4.90 Å². The summed E-state index contributed by atoms with van der Waals surface area (Å²) in [7, 11) is -3.33. The fraction of sp³-hybridized carbons (Fsp3) is 0.125. The lowest BCUT2D eigenvalue weighted by atomic mass is 10.3. The van der Waals surface area contributed by atoms with Gasteiger partial charge < -0.3 is 10.8 Å². The minimum atomic E-state index is -3.33. The van der Waals surface area contributed by atoms with Crippen molar-refractivity contribution < 1.29 is 18.3 Å². The number of rotatable bonds is 2. The van der Waals surface area contributed by atoms with Gasteiger partial charge in [0.25, 0.3) is 0 Å². The summed E-state index contributed by atoms with van der Waals surface area (Å²) in [5.41, 5.74) is 5.71. The molecule has 82 valence electrons. The van der Waals surface area contributed by atoms with Gasteiger partial charge in [-0.1, -0.05) is 0 Å². The molecule has 0 radical (unpaired) electrons. The van der Waals surface area contributed by atoms with Crippen LogP contribution in [0.1, 0.15) is 0 Å². The average molecular weight is 230 g/mol. The van der Waals surface area contributed by atoms with E-state index in [0.717, 1.165) is 6.26 Å². The Kier molecular flexibility index (Phi) is 2.85. The van der Waals surface area contributed by atoms with Crippen molar-refractivity contribution in [3.05, 3.63) is 18.2 Å². The van der Waals surface area contributed by atoms with Gasteiger partial charge in [-0.2, -0.15) is 0 Å². The molecule has 0 aliphatic heterocycles. The van der Waals surface area contributed by atoms with Gasteiger partial charge in [-0.15, -0.1) is 0 Å². The van der Waals surface area contributed by atoms with Crippen LogP contribution in [0, 0.1) is 0 Å². The highest BCUT2D eigenvalue weighted by molar-refractivity contribution is 7.90. The summed E-state index contributed by atoms with van der Waals surface area (Å²) >= 11 is 0. The Morgan fingerprint density at radius 3 is 2.47 bits per heavy atom. The SMILES string of the molecule is CS(=O)(=O)c1ccc(NC(=O)O)c(N)c1. The third-order valence-corrected chi connectivity index (χ3v) is 2.80. The predicted octanol–water partition coefficient (Wildman–Crippen LogP) is 0.762. The van der Waals surface area contributed by atoms with Gasteiger partial charge in [-0.3, -0.25) is 5.32 Å². The smallest absolute Gasteiger partial charge is 0.409 e. The molecule has 0 heterocycles. The fourth-order valence-electron chi connectivity index (χ4n) is 1.00. The van der Waals surface area contributed by atoms with E-state index < -0.39 is 15.9 Å². The molecule has 0 saturated heterocycles. The molecule has 6 nitrogen and oxygen atoms in total. The van der Waals surface area contributed by atoms with Crippen molar-refractivity contribution in [1.82, 2.24) is 0 Å². The maximum atomic E-state index is 11.1. The Balaban J connectivity index is 3.15. The van der Waals surface area contributed by atoms with Crippen LogP contribution in [0.3, 0.4) is 0 Å². The first-order valence-corrected chi connectivity index (χ1v) is 5.79.